The molecule has 4 aromatic rings. The first-order chi connectivity index (χ1) is 19.3. The fourth-order valence-corrected chi connectivity index (χ4v) is 4.49. The van der Waals surface area contributed by atoms with E-state index in [9.17, 15) is 14.7 Å². The van der Waals surface area contributed by atoms with Gasteiger partial charge in [0.2, 0.25) is 0 Å². The summed E-state index contributed by atoms with van der Waals surface area (Å²) in [6.45, 7) is 10.6. The van der Waals surface area contributed by atoms with Gasteiger partial charge in [0.1, 0.15) is 5.75 Å². The third-order valence-corrected chi connectivity index (χ3v) is 6.43. The van der Waals surface area contributed by atoms with E-state index in [1.54, 1.807) is 30.3 Å². The highest BCUT2D eigenvalue weighted by Gasteiger charge is 2.23. The largest absolute Gasteiger partial charge is 0.491 e. The monoisotopic (exact) mass is 534 g/mol. The van der Waals surface area contributed by atoms with Gasteiger partial charge in [-0.2, -0.15) is 0 Å². The van der Waals surface area contributed by atoms with Gasteiger partial charge in [0, 0.05) is 17.2 Å². The van der Waals surface area contributed by atoms with E-state index in [4.69, 9.17) is 4.74 Å². The lowest BCUT2D eigenvalue weighted by Gasteiger charge is -2.24. The number of hydrogen-bond donors (Lipinski definition) is 3. The van der Waals surface area contributed by atoms with Crippen molar-refractivity contribution in [3.63, 3.8) is 0 Å². The van der Waals surface area contributed by atoms with Crippen LogP contribution in [0.1, 0.15) is 46.8 Å². The maximum Gasteiger partial charge on any atom is 0.336 e. The van der Waals surface area contributed by atoms with Gasteiger partial charge in [0.05, 0.1) is 17.9 Å². The Labute approximate surface area is 235 Å². The second kappa shape index (κ2) is 12.8. The van der Waals surface area contributed by atoms with Gasteiger partial charge < -0.3 is 20.5 Å². The van der Waals surface area contributed by atoms with Crippen LogP contribution in [0.25, 0.3) is 11.1 Å². The molecule has 6 nitrogen and oxygen atoms in total. The van der Waals surface area contributed by atoms with Gasteiger partial charge in [-0.1, -0.05) is 86.2 Å². The van der Waals surface area contributed by atoms with Crippen molar-refractivity contribution >= 4 is 23.4 Å². The number of aryl methyl sites for hydroxylation is 1. The molecule has 3 N–H and O–H groups in total. The van der Waals surface area contributed by atoms with Crippen molar-refractivity contribution in [2.45, 2.75) is 26.7 Å². The molecule has 0 fully saturated rings. The molecule has 0 radical (unpaired) electrons. The van der Waals surface area contributed by atoms with Gasteiger partial charge >= 0.3 is 12.0 Å². The predicted octanol–water partition coefficient (Wildman–Crippen LogP) is 8.36. The van der Waals surface area contributed by atoms with Gasteiger partial charge in [-0.3, -0.25) is 0 Å². The topological polar surface area (TPSA) is 87.7 Å². The standard InChI is InChI=1S/C34H34N2O4/c1-5-27(24-11-7-6-8-12-24)30-19-25(28-13-9-10-14-29(28)33(37)38)20-31(32(30)40-21-22(2)3)36-34(39)35-26-17-15-23(4)16-18-26/h5-20,22,27H,1,21H2,2-4H3,(H,37,38)(H2,35,36,39). The third-order valence-electron chi connectivity index (χ3n) is 6.43. The molecule has 40 heavy (non-hydrogen) atoms. The van der Waals surface area contributed by atoms with Crippen LogP contribution in [0.5, 0.6) is 5.75 Å². The average molecular weight is 535 g/mol. The highest BCUT2D eigenvalue weighted by molar-refractivity contribution is 6.02. The predicted molar refractivity (Wildman–Crippen MR) is 161 cm³/mol. The highest BCUT2D eigenvalue weighted by Crippen LogP contribution is 2.42. The number of carbonyl (C=O) groups is 2. The molecule has 1 atom stereocenters. The molecule has 0 spiro atoms. The van der Waals surface area contributed by atoms with Crippen LogP contribution in [0.3, 0.4) is 0 Å². The Balaban J connectivity index is 1.89. The molecule has 0 saturated carbocycles. The van der Waals surface area contributed by atoms with Crippen molar-refractivity contribution in [1.29, 1.82) is 0 Å². The molecular weight excluding hydrogens is 500 g/mol. The first-order valence-corrected chi connectivity index (χ1v) is 13.2. The minimum absolute atomic E-state index is 0.161. The normalized spacial score (nSPS) is 11.5. The van der Waals surface area contributed by atoms with E-state index in [0.29, 0.717) is 34.9 Å². The van der Waals surface area contributed by atoms with Crippen molar-refractivity contribution in [3.05, 3.63) is 126 Å². The fraction of sp³-hybridized carbons (Fsp3) is 0.176. The summed E-state index contributed by atoms with van der Waals surface area (Å²) in [5.41, 5.74) is 5.25. The number of urea groups is 1. The number of ether oxygens (including phenoxy) is 1. The van der Waals surface area contributed by atoms with Crippen LogP contribution in [0.15, 0.2) is 104 Å². The lowest BCUT2D eigenvalue weighted by atomic mass is 9.87. The van der Waals surface area contributed by atoms with Crippen LogP contribution < -0.4 is 15.4 Å². The lowest BCUT2D eigenvalue weighted by molar-refractivity contribution is 0.0697. The third kappa shape index (κ3) is 6.77. The zero-order valence-corrected chi connectivity index (χ0v) is 23.0. The van der Waals surface area contributed by atoms with Gasteiger partial charge in [-0.25, -0.2) is 9.59 Å². The van der Waals surface area contributed by atoms with Crippen LogP contribution >= 0.6 is 0 Å². The van der Waals surface area contributed by atoms with E-state index < -0.39 is 12.0 Å². The lowest BCUT2D eigenvalue weighted by Crippen LogP contribution is -2.21. The molecule has 0 aliphatic rings. The van der Waals surface area contributed by atoms with Gasteiger partial charge in [0.15, 0.2) is 0 Å². The van der Waals surface area contributed by atoms with Crippen LogP contribution in [-0.4, -0.2) is 23.7 Å². The first kappa shape index (κ1) is 28.2. The quantitative estimate of drug-likeness (QED) is 0.178. The number of carboxylic acids is 1. The molecule has 0 heterocycles. The number of nitrogens with one attached hydrogen (secondary N) is 2. The molecule has 4 aromatic carbocycles. The molecule has 4 rings (SSSR count). The smallest absolute Gasteiger partial charge is 0.336 e. The molecule has 0 bridgehead atoms. The minimum Gasteiger partial charge on any atom is -0.491 e. The summed E-state index contributed by atoms with van der Waals surface area (Å²) in [6.07, 6.45) is 1.83. The number of rotatable bonds is 10. The fourth-order valence-electron chi connectivity index (χ4n) is 4.49. The molecule has 6 heteroatoms. The second-order valence-corrected chi connectivity index (χ2v) is 10.1. The second-order valence-electron chi connectivity index (χ2n) is 10.1. The number of amides is 2. The number of carbonyl (C=O) groups excluding carboxylic acids is 1. The maximum atomic E-state index is 13.2. The number of aromatic carboxylic acids is 1. The Morgan fingerprint density at radius 2 is 1.60 bits per heavy atom. The number of anilines is 2. The van der Waals surface area contributed by atoms with Gasteiger partial charge in [-0.05, 0) is 59.9 Å². The SMILES string of the molecule is C=CC(c1ccccc1)c1cc(-c2ccccc2C(=O)O)cc(NC(=O)Nc2ccc(C)cc2)c1OCC(C)C. The Morgan fingerprint density at radius 1 is 0.925 bits per heavy atom. The number of hydrogen-bond acceptors (Lipinski definition) is 3. The van der Waals surface area contributed by atoms with Gasteiger partial charge in [-0.15, -0.1) is 6.58 Å². The zero-order chi connectivity index (χ0) is 28.6. The Bertz CT molecular complexity index is 1490. The van der Waals surface area contributed by atoms with E-state index in [0.717, 1.165) is 16.7 Å². The molecule has 204 valence electrons. The Morgan fingerprint density at radius 3 is 2.25 bits per heavy atom. The van der Waals surface area contributed by atoms with Crippen LogP contribution in [-0.2, 0) is 0 Å². The van der Waals surface area contributed by atoms with Crippen molar-refractivity contribution in [2.75, 3.05) is 17.2 Å². The van der Waals surface area contributed by atoms with E-state index in [1.807, 2.05) is 73.7 Å². The molecule has 1 unspecified atom stereocenters. The molecule has 0 aromatic heterocycles. The summed E-state index contributed by atoms with van der Waals surface area (Å²) in [7, 11) is 0. The summed E-state index contributed by atoms with van der Waals surface area (Å²) in [5, 5.41) is 15.8. The summed E-state index contributed by atoms with van der Waals surface area (Å²) in [6, 6.07) is 27.5. The molecular formula is C34H34N2O4. The molecule has 0 saturated heterocycles. The number of allylic oxidation sites excluding steroid dienone is 1. The van der Waals surface area contributed by atoms with E-state index >= 15 is 0 Å². The molecule has 0 aliphatic heterocycles. The highest BCUT2D eigenvalue weighted by atomic mass is 16.5. The maximum absolute atomic E-state index is 13.2. The summed E-state index contributed by atoms with van der Waals surface area (Å²) >= 11 is 0. The molecule has 0 aliphatic carbocycles. The van der Waals surface area contributed by atoms with E-state index in [1.165, 1.54) is 0 Å². The van der Waals surface area contributed by atoms with Crippen LogP contribution in [0.4, 0.5) is 16.2 Å². The number of carboxylic acid groups (broad SMARTS) is 1. The van der Waals surface area contributed by atoms with Crippen molar-refractivity contribution in [2.24, 2.45) is 5.92 Å². The zero-order valence-electron chi connectivity index (χ0n) is 23.0. The minimum atomic E-state index is -1.03. The Kier molecular flexibility index (Phi) is 9.02. The average Bonchev–Trinajstić information content (AvgIpc) is 2.94. The van der Waals surface area contributed by atoms with Crippen molar-refractivity contribution in [1.82, 2.24) is 0 Å². The van der Waals surface area contributed by atoms with Crippen LogP contribution in [0.2, 0.25) is 0 Å². The van der Waals surface area contributed by atoms with Crippen molar-refractivity contribution in [3.8, 4) is 16.9 Å². The number of benzene rings is 4. The first-order valence-electron chi connectivity index (χ1n) is 13.2. The van der Waals surface area contributed by atoms with E-state index in [-0.39, 0.29) is 17.4 Å². The van der Waals surface area contributed by atoms with Crippen molar-refractivity contribution < 1.29 is 19.4 Å². The van der Waals surface area contributed by atoms with E-state index in [2.05, 4.69) is 31.1 Å². The summed E-state index contributed by atoms with van der Waals surface area (Å²) in [5.74, 6) is -0.570. The van der Waals surface area contributed by atoms with Gasteiger partial charge in [0.25, 0.3) is 0 Å². The summed E-state index contributed by atoms with van der Waals surface area (Å²) < 4.78 is 6.36. The Hall–Kier alpha value is -4.84. The van der Waals surface area contributed by atoms with Crippen LogP contribution in [0, 0.1) is 12.8 Å². The summed E-state index contributed by atoms with van der Waals surface area (Å²) in [4.78, 5) is 25.3. The molecule has 2 amide bonds.